The van der Waals surface area contributed by atoms with Gasteiger partial charge in [-0.2, -0.15) is 23.5 Å². The lowest BCUT2D eigenvalue weighted by atomic mass is 10.2. The highest BCUT2D eigenvalue weighted by Crippen LogP contribution is 2.35. The van der Waals surface area contributed by atoms with E-state index in [0.29, 0.717) is 0 Å². The summed E-state index contributed by atoms with van der Waals surface area (Å²) in [5.74, 6) is 2.75. The number of allylic oxidation sites excluding steroid dienone is 1. The molecule has 1 aliphatic rings. The number of hydrogen-bond acceptors (Lipinski definition) is 2. The van der Waals surface area contributed by atoms with Gasteiger partial charge in [0.2, 0.25) is 0 Å². The van der Waals surface area contributed by atoms with Crippen molar-refractivity contribution in [2.45, 2.75) is 37.7 Å². The number of hydrogen-bond donors (Lipinski definition) is 0. The first-order chi connectivity index (χ1) is 5.74. The molecule has 0 saturated carbocycles. The van der Waals surface area contributed by atoms with Crippen LogP contribution in [0.2, 0.25) is 0 Å². The van der Waals surface area contributed by atoms with Gasteiger partial charge in [0, 0.05) is 22.0 Å². The predicted molar refractivity (Wildman–Crippen MR) is 62.2 cm³/mol. The van der Waals surface area contributed by atoms with E-state index < -0.39 is 0 Å². The van der Waals surface area contributed by atoms with Crippen molar-refractivity contribution in [1.29, 1.82) is 0 Å². The van der Waals surface area contributed by atoms with Crippen LogP contribution in [0.15, 0.2) is 11.6 Å². The third kappa shape index (κ3) is 3.90. The molecular weight excluding hydrogens is 184 g/mol. The fraction of sp³-hybridized carbons (Fsp3) is 0.800. The molecule has 12 heavy (non-hydrogen) atoms. The lowest BCUT2D eigenvalue weighted by molar-refractivity contribution is 1.07. The number of rotatable bonds is 5. The molecule has 0 aromatic rings. The maximum atomic E-state index is 2.34. The molecule has 1 fully saturated rings. The molecule has 0 aromatic carbocycles. The monoisotopic (exact) mass is 202 g/mol. The Labute approximate surface area is 84.6 Å². The van der Waals surface area contributed by atoms with E-state index in [-0.39, 0.29) is 0 Å². The van der Waals surface area contributed by atoms with Gasteiger partial charge < -0.3 is 0 Å². The van der Waals surface area contributed by atoms with E-state index in [9.17, 15) is 0 Å². The summed E-state index contributed by atoms with van der Waals surface area (Å²) in [5.41, 5.74) is 1.55. The SMILES string of the molecule is CC/C=C(\C)C(C)SCC1CS1. The molecule has 0 spiro atoms. The summed E-state index contributed by atoms with van der Waals surface area (Å²) >= 11 is 4.20. The summed E-state index contributed by atoms with van der Waals surface area (Å²) in [7, 11) is 0. The Bertz CT molecular complexity index is 159. The van der Waals surface area contributed by atoms with E-state index in [4.69, 9.17) is 0 Å². The minimum Gasteiger partial charge on any atom is -0.156 e. The van der Waals surface area contributed by atoms with Gasteiger partial charge in [-0.15, -0.1) is 0 Å². The van der Waals surface area contributed by atoms with Crippen LogP contribution >= 0.6 is 23.5 Å². The molecule has 1 heterocycles. The zero-order valence-electron chi connectivity index (χ0n) is 8.17. The van der Waals surface area contributed by atoms with Crippen LogP contribution in [0.1, 0.15) is 27.2 Å². The highest BCUT2D eigenvalue weighted by Gasteiger charge is 2.22. The predicted octanol–water partition coefficient (Wildman–Crippen LogP) is 3.58. The Hall–Kier alpha value is 0.440. The van der Waals surface area contributed by atoms with Crippen LogP contribution in [0.3, 0.4) is 0 Å². The van der Waals surface area contributed by atoms with E-state index in [2.05, 4.69) is 50.4 Å². The van der Waals surface area contributed by atoms with Crippen molar-refractivity contribution in [1.82, 2.24) is 0 Å². The standard InChI is InChI=1S/C10H18S2/c1-4-5-8(2)9(3)11-6-10-7-12-10/h5,9-10H,4,6-7H2,1-3H3/b8-5+. The first-order valence-electron chi connectivity index (χ1n) is 4.64. The van der Waals surface area contributed by atoms with Crippen molar-refractivity contribution in [3.8, 4) is 0 Å². The summed E-state index contributed by atoms with van der Waals surface area (Å²) in [5, 5.41) is 1.71. The van der Waals surface area contributed by atoms with Gasteiger partial charge in [-0.3, -0.25) is 0 Å². The second-order valence-corrected chi connectivity index (χ2v) is 5.99. The van der Waals surface area contributed by atoms with E-state index >= 15 is 0 Å². The van der Waals surface area contributed by atoms with Gasteiger partial charge in [0.1, 0.15) is 0 Å². The maximum Gasteiger partial charge on any atom is 0.0229 e. The molecule has 0 radical (unpaired) electrons. The molecule has 2 unspecified atom stereocenters. The van der Waals surface area contributed by atoms with Crippen LogP contribution < -0.4 is 0 Å². The lowest BCUT2D eigenvalue weighted by Crippen LogP contribution is -2.01. The third-order valence-corrected chi connectivity index (χ3v) is 4.75. The molecule has 0 N–H and O–H groups in total. The third-order valence-electron chi connectivity index (χ3n) is 2.10. The molecule has 0 aromatic heterocycles. The van der Waals surface area contributed by atoms with Crippen molar-refractivity contribution in [2.24, 2.45) is 0 Å². The molecule has 2 heteroatoms. The molecule has 1 aliphatic heterocycles. The Kier molecular flexibility index (Phi) is 4.59. The second kappa shape index (κ2) is 5.23. The van der Waals surface area contributed by atoms with Crippen molar-refractivity contribution < 1.29 is 0 Å². The largest absolute Gasteiger partial charge is 0.156 e. The zero-order valence-corrected chi connectivity index (χ0v) is 9.80. The molecule has 0 bridgehead atoms. The average Bonchev–Trinajstić information content (AvgIpc) is 2.83. The van der Waals surface area contributed by atoms with Gasteiger partial charge in [-0.05, 0) is 20.3 Å². The Morgan fingerprint density at radius 1 is 1.75 bits per heavy atom. The van der Waals surface area contributed by atoms with E-state index in [1.165, 1.54) is 17.9 Å². The van der Waals surface area contributed by atoms with Crippen LogP contribution in [0.5, 0.6) is 0 Å². The van der Waals surface area contributed by atoms with Gasteiger partial charge in [-0.25, -0.2) is 0 Å². The van der Waals surface area contributed by atoms with Gasteiger partial charge >= 0.3 is 0 Å². The normalized spacial score (nSPS) is 25.6. The minimum absolute atomic E-state index is 0.728. The molecular formula is C10H18S2. The molecule has 1 rings (SSSR count). The van der Waals surface area contributed by atoms with Crippen LogP contribution in [-0.4, -0.2) is 22.0 Å². The van der Waals surface area contributed by atoms with Crippen LogP contribution in [0.25, 0.3) is 0 Å². The van der Waals surface area contributed by atoms with E-state index in [1.54, 1.807) is 5.57 Å². The van der Waals surface area contributed by atoms with Gasteiger partial charge in [0.15, 0.2) is 0 Å². The van der Waals surface area contributed by atoms with Crippen molar-refractivity contribution >= 4 is 23.5 Å². The summed E-state index contributed by atoms with van der Waals surface area (Å²) in [6, 6.07) is 0. The molecule has 0 nitrogen and oxygen atoms in total. The van der Waals surface area contributed by atoms with Gasteiger partial charge in [0.05, 0.1) is 0 Å². The average molecular weight is 202 g/mol. The van der Waals surface area contributed by atoms with Crippen molar-refractivity contribution in [3.05, 3.63) is 11.6 Å². The first-order valence-corrected chi connectivity index (χ1v) is 6.73. The van der Waals surface area contributed by atoms with Gasteiger partial charge in [-0.1, -0.05) is 18.6 Å². The second-order valence-electron chi connectivity index (χ2n) is 3.29. The summed E-state index contributed by atoms with van der Waals surface area (Å²) < 4.78 is 0. The lowest BCUT2D eigenvalue weighted by Gasteiger charge is -2.10. The fourth-order valence-corrected chi connectivity index (χ4v) is 3.04. The minimum atomic E-state index is 0.728. The van der Waals surface area contributed by atoms with E-state index in [1.807, 2.05) is 0 Å². The summed E-state index contributed by atoms with van der Waals surface area (Å²) in [6.45, 7) is 6.78. The smallest absolute Gasteiger partial charge is 0.0229 e. The Morgan fingerprint density at radius 3 is 2.92 bits per heavy atom. The van der Waals surface area contributed by atoms with E-state index in [0.717, 1.165) is 10.5 Å². The molecule has 70 valence electrons. The number of thioether (sulfide) groups is 2. The summed E-state index contributed by atoms with van der Waals surface area (Å²) in [6.07, 6.45) is 3.52. The topological polar surface area (TPSA) is 0 Å². The van der Waals surface area contributed by atoms with Crippen molar-refractivity contribution in [2.75, 3.05) is 11.5 Å². The van der Waals surface area contributed by atoms with Crippen molar-refractivity contribution in [3.63, 3.8) is 0 Å². The molecule has 0 aliphatic carbocycles. The molecule has 2 atom stereocenters. The fourth-order valence-electron chi connectivity index (χ4n) is 1.04. The Balaban J connectivity index is 2.16. The Morgan fingerprint density at radius 2 is 2.42 bits per heavy atom. The van der Waals surface area contributed by atoms with Crippen LogP contribution in [0, 0.1) is 0 Å². The zero-order chi connectivity index (χ0) is 8.97. The van der Waals surface area contributed by atoms with Crippen LogP contribution in [0.4, 0.5) is 0 Å². The first kappa shape index (κ1) is 10.5. The quantitative estimate of drug-likeness (QED) is 0.494. The maximum absolute atomic E-state index is 2.34. The highest BCUT2D eigenvalue weighted by atomic mass is 32.2. The van der Waals surface area contributed by atoms with Crippen LogP contribution in [-0.2, 0) is 0 Å². The highest BCUT2D eigenvalue weighted by molar-refractivity contribution is 8.08. The molecule has 0 amide bonds. The molecule has 1 saturated heterocycles. The summed E-state index contributed by atoms with van der Waals surface area (Å²) in [4.78, 5) is 0. The van der Waals surface area contributed by atoms with Gasteiger partial charge in [0.25, 0.3) is 0 Å².